The fourth-order valence-corrected chi connectivity index (χ4v) is 3.63. The maximum atomic E-state index is 12.4. The van der Waals surface area contributed by atoms with E-state index in [0.29, 0.717) is 0 Å². The number of carbonyl (C=O) groups is 1. The lowest BCUT2D eigenvalue weighted by Gasteiger charge is -2.40. The summed E-state index contributed by atoms with van der Waals surface area (Å²) in [5, 5.41) is 6.09. The number of carbonyl (C=O) groups excluding carboxylic acids is 1. The molecule has 0 spiro atoms. The van der Waals surface area contributed by atoms with E-state index in [9.17, 15) is 4.79 Å². The van der Waals surface area contributed by atoms with Crippen LogP contribution in [-0.2, 0) is 6.42 Å². The molecule has 2 amide bonds. The summed E-state index contributed by atoms with van der Waals surface area (Å²) >= 11 is 0. The summed E-state index contributed by atoms with van der Waals surface area (Å²) in [7, 11) is 3.31. The van der Waals surface area contributed by atoms with Crippen LogP contribution < -0.4 is 20.1 Å². The first kappa shape index (κ1) is 20.4. The van der Waals surface area contributed by atoms with Gasteiger partial charge >= 0.3 is 6.03 Å². The van der Waals surface area contributed by atoms with Gasteiger partial charge in [0.1, 0.15) is 0 Å². The largest absolute Gasteiger partial charge is 0.493 e. The first-order valence-corrected chi connectivity index (χ1v) is 9.27. The van der Waals surface area contributed by atoms with Gasteiger partial charge in [0.15, 0.2) is 11.5 Å². The first-order valence-electron chi connectivity index (χ1n) is 9.27. The van der Waals surface area contributed by atoms with Gasteiger partial charge < -0.3 is 20.1 Å². The third-order valence-electron chi connectivity index (χ3n) is 4.75. The van der Waals surface area contributed by atoms with Gasteiger partial charge in [-0.1, -0.05) is 6.92 Å². The summed E-state index contributed by atoms with van der Waals surface area (Å²) in [5.74, 6) is 1.47. The lowest BCUT2D eigenvalue weighted by Crippen LogP contribution is -2.53. The zero-order chi connectivity index (χ0) is 19.5. The number of methoxy groups -OCH3 is 2. The Morgan fingerprint density at radius 3 is 2.42 bits per heavy atom. The average Bonchev–Trinajstić information content (AvgIpc) is 2.57. The van der Waals surface area contributed by atoms with Crippen LogP contribution in [0.15, 0.2) is 12.1 Å². The third kappa shape index (κ3) is 4.61. The summed E-state index contributed by atoms with van der Waals surface area (Å²) in [6.45, 7) is 12.0. The molecule has 2 atom stereocenters. The van der Waals surface area contributed by atoms with Crippen LogP contribution in [0, 0.1) is 0 Å². The molecule has 6 heteroatoms. The van der Waals surface area contributed by atoms with Crippen molar-refractivity contribution < 1.29 is 14.3 Å². The Balaban J connectivity index is 2.32. The molecule has 6 nitrogen and oxygen atoms in total. The zero-order valence-electron chi connectivity index (χ0n) is 17.1. The number of nitrogens with one attached hydrogen (secondary N) is 2. The van der Waals surface area contributed by atoms with Crippen LogP contribution >= 0.6 is 0 Å². The fraction of sp³-hybridized carbons (Fsp3) is 0.650. The fourth-order valence-electron chi connectivity index (χ4n) is 3.63. The molecule has 0 fully saturated rings. The van der Waals surface area contributed by atoms with E-state index in [1.54, 1.807) is 14.2 Å². The van der Waals surface area contributed by atoms with Crippen molar-refractivity contribution in [3.8, 4) is 11.5 Å². The van der Waals surface area contributed by atoms with Crippen molar-refractivity contribution in [1.82, 2.24) is 15.5 Å². The van der Waals surface area contributed by atoms with Crippen LogP contribution in [-0.4, -0.2) is 49.8 Å². The minimum Gasteiger partial charge on any atom is -0.493 e. The highest BCUT2D eigenvalue weighted by Gasteiger charge is 2.33. The highest BCUT2D eigenvalue weighted by Crippen LogP contribution is 2.39. The normalized spacial score (nSPS) is 18.7. The Morgan fingerprint density at radius 1 is 1.27 bits per heavy atom. The average molecular weight is 364 g/mol. The van der Waals surface area contributed by atoms with Crippen LogP contribution in [0.25, 0.3) is 0 Å². The predicted molar refractivity (Wildman–Crippen MR) is 104 cm³/mol. The van der Waals surface area contributed by atoms with Crippen molar-refractivity contribution in [3.05, 3.63) is 23.3 Å². The van der Waals surface area contributed by atoms with Crippen LogP contribution in [0.4, 0.5) is 4.79 Å². The Labute approximate surface area is 157 Å². The maximum Gasteiger partial charge on any atom is 0.315 e. The standard InChI is InChI=1S/C20H33N3O3/c1-8-23-10-9-14-11-16(25-6)17(26-7)12-15(14)18(23)13(2)21-19(24)22-20(3,4)5/h11-13,18H,8-10H2,1-7H3,(H2,21,22,24). The molecule has 0 bridgehead atoms. The van der Waals surface area contributed by atoms with Crippen molar-refractivity contribution in [2.45, 2.75) is 58.7 Å². The van der Waals surface area contributed by atoms with Crippen LogP contribution in [0.1, 0.15) is 51.8 Å². The minimum atomic E-state index is -0.269. The van der Waals surface area contributed by atoms with Gasteiger partial charge in [-0.15, -0.1) is 0 Å². The second kappa shape index (κ2) is 8.16. The SMILES string of the molecule is CCN1CCc2cc(OC)c(OC)cc2C1C(C)NC(=O)NC(C)(C)C. The monoisotopic (exact) mass is 363 g/mol. The molecule has 0 aliphatic carbocycles. The number of urea groups is 1. The Bertz CT molecular complexity index is 640. The van der Waals surface area contributed by atoms with Gasteiger partial charge in [0.05, 0.1) is 20.3 Å². The third-order valence-corrected chi connectivity index (χ3v) is 4.75. The van der Waals surface area contributed by atoms with Gasteiger partial charge in [0, 0.05) is 18.1 Å². The van der Waals surface area contributed by atoms with E-state index in [4.69, 9.17) is 9.47 Å². The first-order chi connectivity index (χ1) is 12.2. The molecular weight excluding hydrogens is 330 g/mol. The Kier molecular flexibility index (Phi) is 6.39. The van der Waals surface area contributed by atoms with E-state index < -0.39 is 0 Å². The molecule has 2 N–H and O–H groups in total. The van der Waals surface area contributed by atoms with Crippen molar-refractivity contribution in [1.29, 1.82) is 0 Å². The van der Waals surface area contributed by atoms with E-state index in [1.807, 2.05) is 20.8 Å². The zero-order valence-corrected chi connectivity index (χ0v) is 17.1. The molecule has 0 aromatic heterocycles. The molecular formula is C20H33N3O3. The lowest BCUT2D eigenvalue weighted by molar-refractivity contribution is 0.157. The van der Waals surface area contributed by atoms with Crippen LogP contribution in [0.3, 0.4) is 0 Å². The summed E-state index contributed by atoms with van der Waals surface area (Å²) in [4.78, 5) is 14.8. The number of rotatable bonds is 5. The summed E-state index contributed by atoms with van der Waals surface area (Å²) in [6.07, 6.45) is 0.959. The summed E-state index contributed by atoms with van der Waals surface area (Å²) < 4.78 is 11.0. The molecule has 2 rings (SSSR count). The highest BCUT2D eigenvalue weighted by atomic mass is 16.5. The number of likely N-dealkylation sites (N-methyl/N-ethyl adjacent to an activating group) is 1. The predicted octanol–water partition coefficient (Wildman–Crippen LogP) is 3.11. The molecule has 1 aromatic rings. The number of amides is 2. The number of benzene rings is 1. The second-order valence-electron chi connectivity index (χ2n) is 7.87. The van der Waals surface area contributed by atoms with Gasteiger partial charge in [0.2, 0.25) is 0 Å². The molecule has 1 aliphatic rings. The highest BCUT2D eigenvalue weighted by molar-refractivity contribution is 5.75. The summed E-state index contributed by atoms with van der Waals surface area (Å²) in [5.41, 5.74) is 2.18. The Morgan fingerprint density at radius 2 is 1.88 bits per heavy atom. The Hall–Kier alpha value is -1.95. The van der Waals surface area contributed by atoms with E-state index in [0.717, 1.165) is 31.0 Å². The quantitative estimate of drug-likeness (QED) is 0.844. The van der Waals surface area contributed by atoms with Gasteiger partial charge in [-0.05, 0) is 63.9 Å². The van der Waals surface area contributed by atoms with Crippen molar-refractivity contribution >= 4 is 6.03 Å². The molecule has 26 heavy (non-hydrogen) atoms. The molecule has 0 radical (unpaired) electrons. The lowest BCUT2D eigenvalue weighted by atomic mass is 9.88. The molecule has 1 aliphatic heterocycles. The van der Waals surface area contributed by atoms with Gasteiger partial charge in [-0.3, -0.25) is 4.90 Å². The topological polar surface area (TPSA) is 62.8 Å². The van der Waals surface area contributed by atoms with Crippen LogP contribution in [0.5, 0.6) is 11.5 Å². The molecule has 0 saturated carbocycles. The van der Waals surface area contributed by atoms with Crippen LogP contribution in [0.2, 0.25) is 0 Å². The van der Waals surface area contributed by atoms with Crippen molar-refractivity contribution in [2.24, 2.45) is 0 Å². The number of fused-ring (bicyclic) bond motifs is 1. The summed E-state index contributed by atoms with van der Waals surface area (Å²) in [6, 6.07) is 4.02. The maximum absolute atomic E-state index is 12.4. The van der Waals surface area contributed by atoms with E-state index in [2.05, 4.69) is 41.5 Å². The number of ether oxygens (including phenoxy) is 2. The number of hydrogen-bond acceptors (Lipinski definition) is 4. The van der Waals surface area contributed by atoms with E-state index >= 15 is 0 Å². The molecule has 146 valence electrons. The molecule has 2 unspecified atom stereocenters. The van der Waals surface area contributed by atoms with Gasteiger partial charge in [-0.2, -0.15) is 0 Å². The second-order valence-corrected chi connectivity index (χ2v) is 7.87. The molecule has 1 aromatic carbocycles. The number of nitrogens with zero attached hydrogens (tertiary/aromatic N) is 1. The van der Waals surface area contributed by atoms with E-state index in [1.165, 1.54) is 11.1 Å². The smallest absolute Gasteiger partial charge is 0.315 e. The molecule has 0 saturated heterocycles. The number of hydrogen-bond donors (Lipinski definition) is 2. The molecule has 1 heterocycles. The van der Waals surface area contributed by atoms with E-state index in [-0.39, 0.29) is 23.7 Å². The minimum absolute atomic E-state index is 0.0468. The van der Waals surface area contributed by atoms with Crippen molar-refractivity contribution in [2.75, 3.05) is 27.3 Å². The van der Waals surface area contributed by atoms with Crippen molar-refractivity contribution in [3.63, 3.8) is 0 Å². The van der Waals surface area contributed by atoms with Gasteiger partial charge in [0.25, 0.3) is 0 Å². The van der Waals surface area contributed by atoms with Gasteiger partial charge in [-0.25, -0.2) is 4.79 Å².